The van der Waals surface area contributed by atoms with Crippen molar-refractivity contribution in [3.8, 4) is 0 Å². The fourth-order valence-corrected chi connectivity index (χ4v) is 3.10. The number of nitrogens with one attached hydrogen (secondary N) is 2. The Balaban J connectivity index is 1.61. The zero-order valence-corrected chi connectivity index (χ0v) is 15.5. The molecule has 4 aromatic rings. The summed E-state index contributed by atoms with van der Waals surface area (Å²) in [5.41, 5.74) is 5.30. The fraction of sp³-hybridized carbons (Fsp3) is 0.0435. The molecule has 0 saturated carbocycles. The first-order valence-electron chi connectivity index (χ1n) is 9.16. The zero-order valence-electron chi connectivity index (χ0n) is 15.5. The molecule has 0 unspecified atom stereocenters. The molecule has 3 aromatic carbocycles. The van der Waals surface area contributed by atoms with Crippen molar-refractivity contribution >= 4 is 22.4 Å². The molecule has 0 aliphatic rings. The predicted molar refractivity (Wildman–Crippen MR) is 113 cm³/mol. The van der Waals surface area contributed by atoms with E-state index in [1.54, 1.807) is 18.2 Å². The second-order valence-electron chi connectivity index (χ2n) is 6.45. The number of hydrazone groups is 1. The van der Waals surface area contributed by atoms with E-state index in [2.05, 4.69) is 20.7 Å². The molecule has 4 rings (SSSR count). The van der Waals surface area contributed by atoms with Crippen LogP contribution in [0, 0.1) is 0 Å². The monoisotopic (exact) mass is 382 g/mol. The molecule has 0 aliphatic heterocycles. The van der Waals surface area contributed by atoms with Crippen molar-refractivity contribution in [2.45, 2.75) is 6.42 Å². The van der Waals surface area contributed by atoms with Crippen LogP contribution in [0.5, 0.6) is 0 Å². The van der Waals surface area contributed by atoms with Crippen molar-refractivity contribution in [1.82, 2.24) is 15.6 Å². The van der Waals surface area contributed by atoms with E-state index in [1.807, 2.05) is 66.7 Å². The Morgan fingerprint density at radius 1 is 0.828 bits per heavy atom. The van der Waals surface area contributed by atoms with E-state index in [9.17, 15) is 9.59 Å². The van der Waals surface area contributed by atoms with Gasteiger partial charge in [0, 0.05) is 16.5 Å². The van der Waals surface area contributed by atoms with E-state index in [-0.39, 0.29) is 17.9 Å². The Morgan fingerprint density at radius 3 is 2.00 bits per heavy atom. The highest BCUT2D eigenvalue weighted by atomic mass is 16.2. The minimum Gasteiger partial charge on any atom is -0.273 e. The first-order chi connectivity index (χ1) is 14.2. The van der Waals surface area contributed by atoms with Gasteiger partial charge in [0.25, 0.3) is 5.56 Å². The Morgan fingerprint density at radius 2 is 1.38 bits per heavy atom. The van der Waals surface area contributed by atoms with Crippen molar-refractivity contribution in [3.63, 3.8) is 0 Å². The molecule has 29 heavy (non-hydrogen) atoms. The minimum atomic E-state index is -0.320. The Hall–Kier alpha value is -4.06. The average molecular weight is 382 g/mol. The van der Waals surface area contributed by atoms with E-state index in [0.717, 1.165) is 11.1 Å². The highest BCUT2D eigenvalue weighted by Crippen LogP contribution is 2.13. The van der Waals surface area contributed by atoms with Crippen LogP contribution < -0.4 is 11.0 Å². The summed E-state index contributed by atoms with van der Waals surface area (Å²) in [5.74, 6) is -0.320. The van der Waals surface area contributed by atoms with Gasteiger partial charge in [-0.1, -0.05) is 78.9 Å². The molecule has 0 radical (unpaired) electrons. The second-order valence-corrected chi connectivity index (χ2v) is 6.45. The van der Waals surface area contributed by atoms with E-state index >= 15 is 0 Å². The third-order valence-corrected chi connectivity index (χ3v) is 4.49. The van der Waals surface area contributed by atoms with Crippen LogP contribution in [0.15, 0.2) is 94.8 Å². The largest absolute Gasteiger partial charge is 0.273 e. The lowest BCUT2D eigenvalue weighted by molar-refractivity contribution is -0.120. The average Bonchev–Trinajstić information content (AvgIpc) is 2.77. The number of benzene rings is 3. The van der Waals surface area contributed by atoms with Gasteiger partial charge in [-0.25, -0.2) is 10.5 Å². The molecule has 0 fully saturated rings. The molecule has 2 N–H and O–H groups in total. The quantitative estimate of drug-likeness (QED) is 0.411. The van der Waals surface area contributed by atoms with E-state index in [1.165, 1.54) is 0 Å². The molecule has 0 atom stereocenters. The van der Waals surface area contributed by atoms with Gasteiger partial charge in [0.2, 0.25) is 5.91 Å². The SMILES string of the molecule is O=C(Cc1n[nH]c(=O)c2ccccc12)NN=C(c1ccccc1)c1ccccc1. The first-order valence-corrected chi connectivity index (χ1v) is 9.16. The summed E-state index contributed by atoms with van der Waals surface area (Å²) in [6, 6.07) is 26.4. The number of H-pyrrole nitrogens is 1. The van der Waals surface area contributed by atoms with Gasteiger partial charge in [-0.3, -0.25) is 9.59 Å². The van der Waals surface area contributed by atoms with Crippen molar-refractivity contribution in [1.29, 1.82) is 0 Å². The lowest BCUT2D eigenvalue weighted by atomic mass is 10.0. The number of hydrogen-bond donors (Lipinski definition) is 2. The smallest absolute Gasteiger partial charge is 0.272 e. The van der Waals surface area contributed by atoms with Crippen molar-refractivity contribution < 1.29 is 4.79 Å². The van der Waals surface area contributed by atoms with Crippen LogP contribution in [-0.4, -0.2) is 21.8 Å². The van der Waals surface area contributed by atoms with Crippen LogP contribution in [0.4, 0.5) is 0 Å². The summed E-state index contributed by atoms with van der Waals surface area (Å²) in [7, 11) is 0. The van der Waals surface area contributed by atoms with Crippen molar-refractivity contribution in [2.75, 3.05) is 0 Å². The number of aromatic amines is 1. The van der Waals surface area contributed by atoms with Gasteiger partial charge in [-0.2, -0.15) is 10.2 Å². The van der Waals surface area contributed by atoms with Crippen LogP contribution in [-0.2, 0) is 11.2 Å². The lowest BCUT2D eigenvalue weighted by Gasteiger charge is -2.08. The second kappa shape index (κ2) is 8.31. The maximum absolute atomic E-state index is 12.6. The molecule has 6 heteroatoms. The maximum atomic E-state index is 12.6. The van der Waals surface area contributed by atoms with Crippen LogP contribution in [0.25, 0.3) is 10.8 Å². The van der Waals surface area contributed by atoms with Gasteiger partial charge in [-0.15, -0.1) is 0 Å². The fourth-order valence-electron chi connectivity index (χ4n) is 3.10. The molecule has 1 heterocycles. The highest BCUT2D eigenvalue weighted by molar-refractivity contribution is 6.13. The number of amides is 1. The maximum Gasteiger partial charge on any atom is 0.272 e. The number of carbonyl (C=O) groups excluding carboxylic acids is 1. The zero-order chi connectivity index (χ0) is 20.1. The Kier molecular flexibility index (Phi) is 5.25. The van der Waals surface area contributed by atoms with Gasteiger partial charge in [-0.05, 0) is 6.07 Å². The number of rotatable bonds is 5. The molecular weight excluding hydrogens is 364 g/mol. The number of nitrogens with zero attached hydrogens (tertiary/aromatic N) is 2. The number of fused-ring (bicyclic) bond motifs is 1. The molecular formula is C23H18N4O2. The molecule has 0 aliphatic carbocycles. The normalized spacial score (nSPS) is 10.5. The molecule has 0 spiro atoms. The van der Waals surface area contributed by atoms with Gasteiger partial charge in [0.1, 0.15) is 0 Å². The number of hydrogen-bond acceptors (Lipinski definition) is 4. The Bertz CT molecular complexity index is 1190. The molecule has 0 saturated heterocycles. The first kappa shape index (κ1) is 18.3. The van der Waals surface area contributed by atoms with Gasteiger partial charge >= 0.3 is 0 Å². The summed E-state index contributed by atoms with van der Waals surface area (Å²) < 4.78 is 0. The van der Waals surface area contributed by atoms with Crippen LogP contribution >= 0.6 is 0 Å². The van der Waals surface area contributed by atoms with Gasteiger partial charge < -0.3 is 0 Å². The molecule has 142 valence electrons. The summed E-state index contributed by atoms with van der Waals surface area (Å²) in [6.45, 7) is 0. The third kappa shape index (κ3) is 4.11. The molecule has 0 bridgehead atoms. The standard InChI is InChI=1S/C23H18N4O2/c28-21(15-20-18-13-7-8-14-19(18)23(29)27-24-20)25-26-22(16-9-3-1-4-10-16)17-11-5-2-6-12-17/h1-14H,15H2,(H,25,28)(H,27,29). The molecule has 1 amide bonds. The third-order valence-electron chi connectivity index (χ3n) is 4.49. The molecule has 1 aromatic heterocycles. The lowest BCUT2D eigenvalue weighted by Crippen LogP contribution is -2.24. The van der Waals surface area contributed by atoms with Crippen molar-refractivity contribution in [3.05, 3.63) is 112 Å². The van der Waals surface area contributed by atoms with Gasteiger partial charge in [0.15, 0.2) is 0 Å². The van der Waals surface area contributed by atoms with Gasteiger partial charge in [0.05, 0.1) is 23.2 Å². The van der Waals surface area contributed by atoms with E-state index in [0.29, 0.717) is 22.2 Å². The summed E-state index contributed by atoms with van der Waals surface area (Å²) in [6.07, 6.45) is -0.00233. The topological polar surface area (TPSA) is 87.2 Å². The summed E-state index contributed by atoms with van der Waals surface area (Å²) >= 11 is 0. The van der Waals surface area contributed by atoms with E-state index in [4.69, 9.17) is 0 Å². The van der Waals surface area contributed by atoms with Crippen LogP contribution in [0.1, 0.15) is 16.8 Å². The van der Waals surface area contributed by atoms with Crippen molar-refractivity contribution in [2.24, 2.45) is 5.10 Å². The molecule has 6 nitrogen and oxygen atoms in total. The van der Waals surface area contributed by atoms with Crippen LogP contribution in [0.2, 0.25) is 0 Å². The summed E-state index contributed by atoms with van der Waals surface area (Å²) in [5, 5.41) is 12.0. The minimum absolute atomic E-state index is 0.00233. The van der Waals surface area contributed by atoms with Crippen LogP contribution in [0.3, 0.4) is 0 Å². The van der Waals surface area contributed by atoms with E-state index < -0.39 is 0 Å². The predicted octanol–water partition coefficient (Wildman–Crippen LogP) is 3.03. The Labute approximate surface area is 166 Å². The summed E-state index contributed by atoms with van der Waals surface area (Å²) in [4.78, 5) is 24.5. The number of carbonyl (C=O) groups is 1. The number of aromatic nitrogens is 2. The highest BCUT2D eigenvalue weighted by Gasteiger charge is 2.12.